The zero-order valence-electron chi connectivity index (χ0n) is 18.4. The predicted octanol–water partition coefficient (Wildman–Crippen LogP) is 5.03. The predicted molar refractivity (Wildman–Crippen MR) is 131 cm³/mol. The number of thiazole rings is 1. The van der Waals surface area contributed by atoms with Gasteiger partial charge in [0, 0.05) is 25.4 Å². The smallest absolute Gasteiger partial charge is 0.261 e. The highest BCUT2D eigenvalue weighted by Crippen LogP contribution is 2.37. The van der Waals surface area contributed by atoms with Gasteiger partial charge < -0.3 is 4.90 Å². The fourth-order valence-corrected chi connectivity index (χ4v) is 6.07. The van der Waals surface area contributed by atoms with Crippen LogP contribution in [0.1, 0.15) is 61.4 Å². The number of rotatable bonds is 5. The third kappa shape index (κ3) is 3.84. The lowest BCUT2D eigenvalue weighted by atomic mass is 10.0. The van der Waals surface area contributed by atoms with Gasteiger partial charge in [0.1, 0.15) is 10.8 Å². The fraction of sp³-hybridized carbons (Fsp3) is 0.385. The van der Waals surface area contributed by atoms with E-state index in [1.807, 2.05) is 51.9 Å². The Hall–Kier alpha value is -3.06. The van der Waals surface area contributed by atoms with E-state index in [0.717, 1.165) is 55.0 Å². The van der Waals surface area contributed by atoms with E-state index < -0.39 is 0 Å². The van der Waals surface area contributed by atoms with Crippen LogP contribution in [0.5, 0.6) is 0 Å². The summed E-state index contributed by atoms with van der Waals surface area (Å²) in [5, 5.41) is 1.69. The van der Waals surface area contributed by atoms with Crippen molar-refractivity contribution in [3.63, 3.8) is 0 Å². The monoisotopic (exact) mass is 458 g/mol. The van der Waals surface area contributed by atoms with Gasteiger partial charge in [-0.15, -0.1) is 11.3 Å². The molecule has 1 aliphatic carbocycles. The maximum absolute atomic E-state index is 13.4. The van der Waals surface area contributed by atoms with E-state index in [1.54, 1.807) is 11.3 Å². The second-order valence-electron chi connectivity index (χ2n) is 9.07. The molecular formula is C26H26N4O2S. The number of amides is 1. The third-order valence-electron chi connectivity index (χ3n) is 6.77. The summed E-state index contributed by atoms with van der Waals surface area (Å²) in [6.45, 7) is 0.764. The molecule has 0 radical (unpaired) electrons. The summed E-state index contributed by atoms with van der Waals surface area (Å²) in [6.07, 6.45) is 5.94. The Morgan fingerprint density at radius 2 is 1.76 bits per heavy atom. The average molecular weight is 459 g/mol. The van der Waals surface area contributed by atoms with Crippen molar-refractivity contribution in [1.82, 2.24) is 19.4 Å². The second kappa shape index (κ2) is 8.37. The van der Waals surface area contributed by atoms with Crippen molar-refractivity contribution >= 4 is 38.4 Å². The van der Waals surface area contributed by atoms with Crippen molar-refractivity contribution < 1.29 is 4.79 Å². The molecule has 0 bridgehead atoms. The minimum Gasteiger partial charge on any atom is -0.333 e. The van der Waals surface area contributed by atoms with Gasteiger partial charge >= 0.3 is 0 Å². The number of carbonyl (C=O) groups excluding carboxylic acids is 1. The van der Waals surface area contributed by atoms with Gasteiger partial charge in [0.05, 0.1) is 27.2 Å². The molecule has 2 aliphatic rings. The lowest BCUT2D eigenvalue weighted by Gasteiger charge is -2.34. The molecule has 1 saturated carbocycles. The lowest BCUT2D eigenvalue weighted by molar-refractivity contribution is -0.135. The highest BCUT2D eigenvalue weighted by molar-refractivity contribution is 7.18. The molecule has 33 heavy (non-hydrogen) atoms. The van der Waals surface area contributed by atoms with E-state index in [9.17, 15) is 9.59 Å². The molecule has 6 rings (SSSR count). The molecule has 6 nitrogen and oxygen atoms in total. The summed E-state index contributed by atoms with van der Waals surface area (Å²) in [7, 11) is 0. The fourth-order valence-electron chi connectivity index (χ4n) is 4.96. The van der Waals surface area contributed by atoms with Gasteiger partial charge in [0.2, 0.25) is 5.91 Å². The van der Waals surface area contributed by atoms with Gasteiger partial charge in [0.25, 0.3) is 5.56 Å². The number of aromatic nitrogens is 3. The number of likely N-dealkylation sites (tertiary alicyclic amines) is 1. The molecule has 2 fully saturated rings. The van der Waals surface area contributed by atoms with Crippen molar-refractivity contribution in [2.75, 3.05) is 6.54 Å². The number of benzene rings is 2. The Kier molecular flexibility index (Phi) is 5.21. The number of hydrogen-bond donors (Lipinski definition) is 0. The molecule has 1 aliphatic heterocycles. The zero-order chi connectivity index (χ0) is 22.4. The van der Waals surface area contributed by atoms with Crippen LogP contribution in [0.4, 0.5) is 0 Å². The Bertz CT molecular complexity index is 1370. The molecule has 1 atom stereocenters. The van der Waals surface area contributed by atoms with E-state index in [-0.39, 0.29) is 23.6 Å². The Morgan fingerprint density at radius 3 is 2.58 bits per heavy atom. The van der Waals surface area contributed by atoms with E-state index in [2.05, 4.69) is 6.07 Å². The second-order valence-corrected chi connectivity index (χ2v) is 10.1. The quantitative estimate of drug-likeness (QED) is 0.421. The van der Waals surface area contributed by atoms with E-state index in [1.165, 1.54) is 4.70 Å². The first-order valence-electron chi connectivity index (χ1n) is 11.8. The molecular weight excluding hydrogens is 432 g/mol. The summed E-state index contributed by atoms with van der Waals surface area (Å²) >= 11 is 1.69. The first-order valence-corrected chi connectivity index (χ1v) is 12.7. The molecule has 0 spiro atoms. The summed E-state index contributed by atoms with van der Waals surface area (Å²) in [4.78, 5) is 38.2. The third-order valence-corrected chi connectivity index (χ3v) is 7.91. The molecule has 7 heteroatoms. The molecule has 3 heterocycles. The summed E-state index contributed by atoms with van der Waals surface area (Å²) in [5.74, 6) is 0.867. The van der Waals surface area contributed by atoms with Gasteiger partial charge in [-0.2, -0.15) is 0 Å². The van der Waals surface area contributed by atoms with Crippen LogP contribution in [-0.4, -0.2) is 31.9 Å². The largest absolute Gasteiger partial charge is 0.333 e. The van der Waals surface area contributed by atoms with Crippen LogP contribution in [0.3, 0.4) is 0 Å². The Labute approximate surface area is 195 Å². The van der Waals surface area contributed by atoms with E-state index in [0.29, 0.717) is 23.7 Å². The van der Waals surface area contributed by atoms with Crippen LogP contribution in [0, 0.1) is 0 Å². The number of carbonyl (C=O) groups is 1. The molecule has 168 valence electrons. The van der Waals surface area contributed by atoms with Crippen molar-refractivity contribution in [3.05, 3.63) is 69.7 Å². The highest BCUT2D eigenvalue weighted by atomic mass is 32.1. The first-order chi connectivity index (χ1) is 16.2. The van der Waals surface area contributed by atoms with Gasteiger partial charge in [-0.3, -0.25) is 14.2 Å². The van der Waals surface area contributed by atoms with E-state index >= 15 is 0 Å². The van der Waals surface area contributed by atoms with Crippen LogP contribution >= 0.6 is 11.3 Å². The van der Waals surface area contributed by atoms with Crippen LogP contribution in [0.25, 0.3) is 21.1 Å². The van der Waals surface area contributed by atoms with Gasteiger partial charge in [-0.1, -0.05) is 24.3 Å². The Morgan fingerprint density at radius 1 is 0.970 bits per heavy atom. The SMILES string of the molecule is O=C(CCc1nc2ccccc2c(=O)n1C1CC1)N1CCCCC1c1nc2ccccc2s1. The topological polar surface area (TPSA) is 68.1 Å². The molecule has 1 saturated heterocycles. The molecule has 0 N–H and O–H groups in total. The zero-order valence-corrected chi connectivity index (χ0v) is 19.3. The van der Waals surface area contributed by atoms with Crippen molar-refractivity contribution in [2.24, 2.45) is 0 Å². The average Bonchev–Trinajstić information content (AvgIpc) is 3.59. The van der Waals surface area contributed by atoms with Crippen LogP contribution in [0.2, 0.25) is 0 Å². The maximum atomic E-state index is 13.4. The van der Waals surface area contributed by atoms with Crippen molar-refractivity contribution in [3.8, 4) is 0 Å². The molecule has 4 aromatic rings. The summed E-state index contributed by atoms with van der Waals surface area (Å²) in [5.41, 5.74) is 1.74. The minimum atomic E-state index is 0.0240. The number of piperidine rings is 1. The molecule has 1 amide bonds. The molecule has 2 aromatic heterocycles. The van der Waals surface area contributed by atoms with Gasteiger partial charge in [0.15, 0.2) is 0 Å². The summed E-state index contributed by atoms with van der Waals surface area (Å²) in [6, 6.07) is 15.9. The number of nitrogens with zero attached hydrogens (tertiary/aromatic N) is 4. The number of para-hydroxylation sites is 2. The summed E-state index contributed by atoms with van der Waals surface area (Å²) < 4.78 is 3.01. The maximum Gasteiger partial charge on any atom is 0.261 e. The number of fused-ring (bicyclic) bond motifs is 2. The first kappa shape index (κ1) is 20.5. The number of hydrogen-bond acceptors (Lipinski definition) is 5. The van der Waals surface area contributed by atoms with Crippen LogP contribution < -0.4 is 5.56 Å². The van der Waals surface area contributed by atoms with Crippen molar-refractivity contribution in [1.29, 1.82) is 0 Å². The lowest BCUT2D eigenvalue weighted by Crippen LogP contribution is -2.38. The van der Waals surface area contributed by atoms with Crippen LogP contribution in [-0.2, 0) is 11.2 Å². The molecule has 1 unspecified atom stereocenters. The van der Waals surface area contributed by atoms with Crippen LogP contribution in [0.15, 0.2) is 53.3 Å². The van der Waals surface area contributed by atoms with Gasteiger partial charge in [-0.05, 0) is 56.4 Å². The van der Waals surface area contributed by atoms with E-state index in [4.69, 9.17) is 9.97 Å². The Balaban J connectivity index is 1.26. The highest BCUT2D eigenvalue weighted by Gasteiger charge is 2.32. The standard InChI is InChI=1S/C26H26N4O2S/c31-24(29-16-6-5-10-21(29)25-28-20-9-3-4-11-22(20)33-25)15-14-23-27-19-8-2-1-7-18(19)26(32)30(23)17-12-13-17/h1-4,7-9,11,17,21H,5-6,10,12-16H2. The van der Waals surface area contributed by atoms with Gasteiger partial charge in [-0.25, -0.2) is 9.97 Å². The molecule has 2 aromatic carbocycles. The normalized spacial score (nSPS) is 18.8. The van der Waals surface area contributed by atoms with Crippen molar-refractivity contribution in [2.45, 2.75) is 57.0 Å². The number of aryl methyl sites for hydroxylation is 1. The minimum absolute atomic E-state index is 0.0240.